The van der Waals surface area contributed by atoms with Gasteiger partial charge in [0.05, 0.1) is 0 Å². The largest absolute Gasteiger partial charge is 2.00 e. The molecule has 0 fully saturated rings. The average molecular weight is 178 g/mol. The van der Waals surface area contributed by atoms with Crippen LogP contribution in [0.3, 0.4) is 0 Å². The Hall–Kier alpha value is -0.0738. The SMILES string of the molecule is O.O.O.O.O.O.O=N[O-].[Mg+2]. The molecule has 0 aromatic heterocycles. The van der Waals surface area contributed by atoms with Crippen molar-refractivity contribution < 1.29 is 32.9 Å². The molecule has 0 atom stereocenters. The van der Waals surface area contributed by atoms with E-state index in [1.165, 1.54) is 0 Å². The first-order chi connectivity index (χ1) is 1.41. The van der Waals surface area contributed by atoms with E-state index >= 15 is 0 Å². The molecule has 66 valence electrons. The zero-order chi connectivity index (χ0) is 2.71. The van der Waals surface area contributed by atoms with E-state index in [0.717, 1.165) is 5.34 Å². The van der Waals surface area contributed by atoms with Crippen molar-refractivity contribution in [3.8, 4) is 0 Å². The molecule has 0 aliphatic carbocycles. The summed E-state index contributed by atoms with van der Waals surface area (Å²) in [7, 11) is 0. The summed E-state index contributed by atoms with van der Waals surface area (Å²) >= 11 is 0. The Labute approximate surface area is 72.0 Å². The standard InChI is InChI=1S/Mg.HNO2.6H2O/c;2-1-3;;;;;;/h;(H,2,3);6*1H2/q+2;;;;;;;/p-1. The van der Waals surface area contributed by atoms with Crippen LogP contribution in [-0.2, 0) is 0 Å². The second kappa shape index (κ2) is 654. The summed E-state index contributed by atoms with van der Waals surface area (Å²) in [5.41, 5.74) is 0. The minimum absolute atomic E-state index is 0. The van der Waals surface area contributed by atoms with Crippen LogP contribution in [0.25, 0.3) is 0 Å². The van der Waals surface area contributed by atoms with E-state index in [0.29, 0.717) is 0 Å². The molecule has 10 heteroatoms. The number of rotatable bonds is 0. The van der Waals surface area contributed by atoms with Crippen LogP contribution in [0, 0.1) is 10.1 Å². The third kappa shape index (κ3) is 69900. The summed E-state index contributed by atoms with van der Waals surface area (Å²) in [5, 5.41) is 9.00. The molecule has 0 bridgehead atoms. The molecule has 0 saturated heterocycles. The van der Waals surface area contributed by atoms with Crippen LogP contribution in [-0.4, -0.2) is 55.9 Å². The first-order valence-corrected chi connectivity index (χ1v) is 0.365. The molecule has 0 aliphatic rings. The number of hydrogen-bond donors (Lipinski definition) is 0. The minimum Gasteiger partial charge on any atom is -0.444 e. The van der Waals surface area contributed by atoms with E-state index in [9.17, 15) is 0 Å². The number of nitrogens with zero attached hydrogens (tertiary/aromatic N) is 1. The van der Waals surface area contributed by atoms with Gasteiger partial charge in [0.25, 0.3) is 0 Å². The third-order valence-corrected chi connectivity index (χ3v) is 0. The summed E-state index contributed by atoms with van der Waals surface area (Å²) in [6, 6.07) is 0. The summed E-state index contributed by atoms with van der Waals surface area (Å²) in [4.78, 5) is 8.00. The van der Waals surface area contributed by atoms with Crippen molar-refractivity contribution >= 4 is 23.1 Å². The molecular formula is H12MgNO8+. The molecule has 0 aliphatic heterocycles. The van der Waals surface area contributed by atoms with Crippen molar-refractivity contribution in [2.24, 2.45) is 5.34 Å². The first kappa shape index (κ1) is 213. The van der Waals surface area contributed by atoms with Gasteiger partial charge in [-0.15, -0.1) is 5.34 Å². The van der Waals surface area contributed by atoms with E-state index in [1.54, 1.807) is 0 Å². The fraction of sp³-hybridized carbons (Fsp3) is 0. The van der Waals surface area contributed by atoms with Gasteiger partial charge in [-0.1, -0.05) is 0 Å². The predicted octanol–water partition coefficient (Wildman–Crippen LogP) is -5.08. The predicted molar refractivity (Wildman–Crippen MR) is 36.6 cm³/mol. The third-order valence-electron chi connectivity index (χ3n) is 0. The van der Waals surface area contributed by atoms with Gasteiger partial charge in [-0.2, -0.15) is 0 Å². The van der Waals surface area contributed by atoms with Crippen LogP contribution in [0.1, 0.15) is 0 Å². The summed E-state index contributed by atoms with van der Waals surface area (Å²) < 4.78 is 0. The fourth-order valence-corrected chi connectivity index (χ4v) is 0. The Morgan fingerprint density at radius 2 is 0.800 bits per heavy atom. The van der Waals surface area contributed by atoms with Gasteiger partial charge in [-0.25, -0.2) is 0 Å². The van der Waals surface area contributed by atoms with Gasteiger partial charge in [0, 0.05) is 0 Å². The molecule has 0 unspecified atom stereocenters. The Bertz CT molecular complexity index is 16.7. The van der Waals surface area contributed by atoms with Gasteiger partial charge < -0.3 is 43.0 Å². The van der Waals surface area contributed by atoms with Gasteiger partial charge in [0.15, 0.2) is 0 Å². The van der Waals surface area contributed by atoms with Gasteiger partial charge in [0.2, 0.25) is 0 Å². The van der Waals surface area contributed by atoms with Gasteiger partial charge in [-0.3, -0.25) is 0 Å². The molecule has 12 N–H and O–H groups in total. The second-order valence-corrected chi connectivity index (χ2v) is 0.0745. The molecule has 0 saturated carbocycles. The topological polar surface area (TPSA) is 241 Å². The van der Waals surface area contributed by atoms with Crippen molar-refractivity contribution in [3.63, 3.8) is 0 Å². The molecule has 0 amide bonds. The normalized spacial score (nSPS) is 1.20. The smallest absolute Gasteiger partial charge is 0.444 e. The maximum atomic E-state index is 8.00. The Morgan fingerprint density at radius 3 is 0.800 bits per heavy atom. The second-order valence-electron chi connectivity index (χ2n) is 0.0745. The van der Waals surface area contributed by atoms with Crippen molar-refractivity contribution in [1.29, 1.82) is 0 Å². The van der Waals surface area contributed by atoms with E-state index in [-0.39, 0.29) is 55.9 Å². The molecule has 0 aromatic rings. The molecule has 0 spiro atoms. The van der Waals surface area contributed by atoms with Crippen molar-refractivity contribution in [2.45, 2.75) is 0 Å². The molecule has 10 heavy (non-hydrogen) atoms. The van der Waals surface area contributed by atoms with Crippen LogP contribution in [0.2, 0.25) is 0 Å². The van der Waals surface area contributed by atoms with Crippen molar-refractivity contribution in [2.75, 3.05) is 0 Å². The first-order valence-electron chi connectivity index (χ1n) is 0.365. The number of hydrogen-bond acceptors (Lipinski definition) is 3. The van der Waals surface area contributed by atoms with Crippen LogP contribution >= 0.6 is 0 Å². The molecule has 0 aromatic carbocycles. The van der Waals surface area contributed by atoms with Crippen LogP contribution in [0.5, 0.6) is 0 Å². The van der Waals surface area contributed by atoms with Crippen LogP contribution in [0.15, 0.2) is 5.34 Å². The van der Waals surface area contributed by atoms with Gasteiger partial charge in [0.1, 0.15) is 0 Å². The Kier molecular flexibility index (Phi) is 13900. The molecule has 0 rings (SSSR count). The fourth-order valence-electron chi connectivity index (χ4n) is 0. The summed E-state index contributed by atoms with van der Waals surface area (Å²) in [6.45, 7) is 0. The maximum absolute atomic E-state index is 8.00. The molecule has 0 radical (unpaired) electrons. The molecular weight excluding hydrogens is 166 g/mol. The van der Waals surface area contributed by atoms with Crippen molar-refractivity contribution in [1.82, 2.24) is 0 Å². The molecule has 0 heterocycles. The zero-order valence-electron chi connectivity index (χ0n) is 4.97. The van der Waals surface area contributed by atoms with E-state index in [4.69, 9.17) is 10.1 Å². The maximum Gasteiger partial charge on any atom is 2.00 e. The summed E-state index contributed by atoms with van der Waals surface area (Å²) in [6.07, 6.45) is 0. The monoisotopic (exact) mass is 178 g/mol. The summed E-state index contributed by atoms with van der Waals surface area (Å²) in [5.74, 6) is 0. The van der Waals surface area contributed by atoms with E-state index in [1.807, 2.05) is 0 Å². The van der Waals surface area contributed by atoms with Crippen LogP contribution in [0.4, 0.5) is 0 Å². The van der Waals surface area contributed by atoms with Gasteiger partial charge in [-0.05, 0) is 0 Å². The van der Waals surface area contributed by atoms with E-state index in [2.05, 4.69) is 0 Å². The van der Waals surface area contributed by atoms with E-state index < -0.39 is 0 Å². The van der Waals surface area contributed by atoms with Crippen molar-refractivity contribution in [3.05, 3.63) is 10.1 Å². The minimum atomic E-state index is 0. The average Bonchev–Trinajstić information content (AvgIpc) is 0.918. The zero-order valence-corrected chi connectivity index (χ0v) is 6.39. The molecule has 9 nitrogen and oxygen atoms in total. The van der Waals surface area contributed by atoms with Crippen LogP contribution < -0.4 is 0 Å². The Morgan fingerprint density at radius 1 is 0.800 bits per heavy atom. The van der Waals surface area contributed by atoms with Gasteiger partial charge >= 0.3 is 23.1 Å². The Balaban J connectivity index is -0.000000000952. The quantitative estimate of drug-likeness (QED) is 0.201.